The number of amides is 2. The van der Waals surface area contributed by atoms with E-state index < -0.39 is 10.8 Å². The third-order valence-electron chi connectivity index (χ3n) is 3.47. The van der Waals surface area contributed by atoms with Gasteiger partial charge in [-0.05, 0) is 30.8 Å². The average Bonchev–Trinajstić information content (AvgIpc) is 2.61. The number of rotatable bonds is 6. The summed E-state index contributed by atoms with van der Waals surface area (Å²) in [6.45, 7) is 0.646. The first-order valence-electron chi connectivity index (χ1n) is 7.62. The van der Waals surface area contributed by atoms with Gasteiger partial charge in [0.25, 0.3) is 17.5 Å². The molecule has 0 aromatic heterocycles. The average molecular weight is 421 g/mol. The van der Waals surface area contributed by atoms with Crippen LogP contribution >= 0.6 is 15.9 Å². The maximum absolute atomic E-state index is 11.9. The molecular formula is C17H17BrN4O4. The van der Waals surface area contributed by atoms with Crippen molar-refractivity contribution in [1.82, 2.24) is 15.8 Å². The molecule has 2 amide bonds. The van der Waals surface area contributed by atoms with Gasteiger partial charge in [-0.1, -0.05) is 34.1 Å². The molecule has 0 atom stereocenters. The molecule has 0 radical (unpaired) electrons. The summed E-state index contributed by atoms with van der Waals surface area (Å²) < 4.78 is 0.957. The number of nitrogens with one attached hydrogen (secondary N) is 2. The lowest BCUT2D eigenvalue weighted by molar-refractivity contribution is -0.384. The molecule has 9 heteroatoms. The molecule has 0 saturated carbocycles. The Balaban J connectivity index is 1.81. The first-order chi connectivity index (χ1) is 12.4. The molecule has 2 aromatic rings. The highest BCUT2D eigenvalue weighted by molar-refractivity contribution is 9.10. The lowest BCUT2D eigenvalue weighted by atomic mass is 10.2. The van der Waals surface area contributed by atoms with E-state index in [2.05, 4.69) is 26.8 Å². The van der Waals surface area contributed by atoms with Crippen molar-refractivity contribution >= 4 is 33.4 Å². The highest BCUT2D eigenvalue weighted by Gasteiger charge is 2.12. The Morgan fingerprint density at radius 2 is 1.77 bits per heavy atom. The highest BCUT2D eigenvalue weighted by atomic mass is 79.9. The van der Waals surface area contributed by atoms with E-state index in [9.17, 15) is 19.7 Å². The monoisotopic (exact) mass is 420 g/mol. The van der Waals surface area contributed by atoms with E-state index in [0.29, 0.717) is 6.54 Å². The van der Waals surface area contributed by atoms with Gasteiger partial charge in [-0.2, -0.15) is 0 Å². The summed E-state index contributed by atoms with van der Waals surface area (Å²) in [4.78, 5) is 35.7. The molecule has 0 unspecified atom stereocenters. The standard InChI is InChI=1S/C17H17BrN4O4/c1-21(10-13-4-2-3-5-15(13)18)11-16(23)19-20-17(24)12-6-8-14(9-7-12)22(25)26/h2-9H,10-11H2,1H3,(H,19,23)(H,20,24). The molecule has 0 aliphatic rings. The van der Waals surface area contributed by atoms with Crippen LogP contribution in [0.5, 0.6) is 0 Å². The summed E-state index contributed by atoms with van der Waals surface area (Å²) in [5, 5.41) is 10.6. The van der Waals surface area contributed by atoms with Gasteiger partial charge in [-0.25, -0.2) is 0 Å². The van der Waals surface area contributed by atoms with Crippen LogP contribution in [0.4, 0.5) is 5.69 Å². The summed E-state index contributed by atoms with van der Waals surface area (Å²) >= 11 is 3.45. The van der Waals surface area contributed by atoms with Crippen molar-refractivity contribution < 1.29 is 14.5 Å². The topological polar surface area (TPSA) is 105 Å². The molecule has 8 nitrogen and oxygen atoms in total. The number of non-ortho nitro benzene ring substituents is 1. The lowest BCUT2D eigenvalue weighted by Gasteiger charge is -2.17. The van der Waals surface area contributed by atoms with Crippen LogP contribution in [0.15, 0.2) is 53.0 Å². The number of likely N-dealkylation sites (N-methyl/N-ethyl adjacent to an activating group) is 1. The van der Waals surface area contributed by atoms with Gasteiger partial charge in [-0.15, -0.1) is 0 Å². The smallest absolute Gasteiger partial charge is 0.269 e. The molecule has 2 rings (SSSR count). The Hall–Kier alpha value is -2.78. The molecule has 2 aromatic carbocycles. The van der Waals surface area contributed by atoms with E-state index in [4.69, 9.17) is 0 Å². The molecule has 0 heterocycles. The Kier molecular flexibility index (Phi) is 6.81. The largest absolute Gasteiger partial charge is 0.293 e. The van der Waals surface area contributed by atoms with Gasteiger partial charge in [-0.3, -0.25) is 35.5 Å². The molecule has 26 heavy (non-hydrogen) atoms. The second-order valence-electron chi connectivity index (χ2n) is 5.57. The quantitative estimate of drug-likeness (QED) is 0.550. The molecule has 0 spiro atoms. The highest BCUT2D eigenvalue weighted by Crippen LogP contribution is 2.17. The zero-order valence-corrected chi connectivity index (χ0v) is 15.5. The predicted octanol–water partition coefficient (Wildman–Crippen LogP) is 2.25. The fourth-order valence-electron chi connectivity index (χ4n) is 2.19. The number of nitro benzene ring substituents is 1. The summed E-state index contributed by atoms with van der Waals surface area (Å²) in [5.41, 5.74) is 5.74. The summed E-state index contributed by atoms with van der Waals surface area (Å²) in [7, 11) is 1.79. The van der Waals surface area contributed by atoms with Crippen LogP contribution in [-0.2, 0) is 11.3 Å². The third kappa shape index (κ3) is 5.64. The first kappa shape index (κ1) is 19.5. The van der Waals surface area contributed by atoms with E-state index >= 15 is 0 Å². The number of nitrogens with zero attached hydrogens (tertiary/aromatic N) is 2. The summed E-state index contributed by atoms with van der Waals surface area (Å²) in [6.07, 6.45) is 0. The van der Waals surface area contributed by atoms with Gasteiger partial charge >= 0.3 is 0 Å². The molecular weight excluding hydrogens is 404 g/mol. The van der Waals surface area contributed by atoms with Crippen molar-refractivity contribution in [2.24, 2.45) is 0 Å². The molecule has 0 aliphatic heterocycles. The molecule has 0 fully saturated rings. The summed E-state index contributed by atoms with van der Waals surface area (Å²) in [6, 6.07) is 12.8. The number of halogens is 1. The summed E-state index contributed by atoms with van der Waals surface area (Å²) in [5.74, 6) is -0.934. The predicted molar refractivity (Wildman–Crippen MR) is 99.2 cm³/mol. The second-order valence-corrected chi connectivity index (χ2v) is 6.42. The van der Waals surface area contributed by atoms with Gasteiger partial charge in [0, 0.05) is 28.7 Å². The molecule has 2 N–H and O–H groups in total. The molecule has 0 saturated heterocycles. The number of carbonyl (C=O) groups excluding carboxylic acids is 2. The van der Waals surface area contributed by atoms with E-state index in [1.54, 1.807) is 11.9 Å². The Morgan fingerprint density at radius 1 is 1.12 bits per heavy atom. The number of nitro groups is 1. The minimum absolute atomic E-state index is 0.0852. The Bertz CT molecular complexity index is 811. The van der Waals surface area contributed by atoms with Gasteiger partial charge < -0.3 is 0 Å². The minimum Gasteiger partial charge on any atom is -0.293 e. The SMILES string of the molecule is CN(CC(=O)NNC(=O)c1ccc([N+](=O)[O-])cc1)Cc1ccccc1Br. The van der Waals surface area contributed by atoms with Gasteiger partial charge in [0.15, 0.2) is 0 Å². The molecule has 0 aliphatic carbocycles. The van der Waals surface area contributed by atoms with Crippen molar-refractivity contribution in [1.29, 1.82) is 0 Å². The zero-order chi connectivity index (χ0) is 19.1. The van der Waals surface area contributed by atoms with Gasteiger partial charge in [0.2, 0.25) is 0 Å². The van der Waals surface area contributed by atoms with E-state index in [1.165, 1.54) is 24.3 Å². The van der Waals surface area contributed by atoms with Crippen molar-refractivity contribution in [3.63, 3.8) is 0 Å². The first-order valence-corrected chi connectivity index (χ1v) is 8.41. The van der Waals surface area contributed by atoms with Crippen LogP contribution in [0.25, 0.3) is 0 Å². The van der Waals surface area contributed by atoms with Gasteiger partial charge in [0.05, 0.1) is 11.5 Å². The number of carbonyl (C=O) groups is 2. The van der Waals surface area contributed by atoms with Crippen LogP contribution in [-0.4, -0.2) is 35.2 Å². The molecule has 0 bridgehead atoms. The van der Waals surface area contributed by atoms with Crippen molar-refractivity contribution in [2.45, 2.75) is 6.54 Å². The normalized spacial score (nSPS) is 10.4. The van der Waals surface area contributed by atoms with Crippen molar-refractivity contribution in [3.8, 4) is 0 Å². The number of hydrogen-bond donors (Lipinski definition) is 2. The second kappa shape index (κ2) is 9.07. The molecule has 136 valence electrons. The Morgan fingerprint density at radius 3 is 2.38 bits per heavy atom. The minimum atomic E-state index is -0.554. The third-order valence-corrected chi connectivity index (χ3v) is 4.24. The van der Waals surface area contributed by atoms with Gasteiger partial charge in [0.1, 0.15) is 0 Å². The zero-order valence-electron chi connectivity index (χ0n) is 13.9. The van der Waals surface area contributed by atoms with E-state index in [-0.39, 0.29) is 23.7 Å². The fraction of sp³-hybridized carbons (Fsp3) is 0.176. The van der Waals surface area contributed by atoms with Crippen LogP contribution in [0, 0.1) is 10.1 Å². The van der Waals surface area contributed by atoms with E-state index in [1.807, 2.05) is 24.3 Å². The van der Waals surface area contributed by atoms with Crippen molar-refractivity contribution in [3.05, 3.63) is 74.2 Å². The maximum atomic E-state index is 11.9. The maximum Gasteiger partial charge on any atom is 0.269 e. The Labute approximate surface area is 158 Å². The van der Waals surface area contributed by atoms with Crippen LogP contribution < -0.4 is 10.9 Å². The lowest BCUT2D eigenvalue weighted by Crippen LogP contribution is -2.45. The fourth-order valence-corrected chi connectivity index (χ4v) is 2.60. The van der Waals surface area contributed by atoms with Crippen LogP contribution in [0.1, 0.15) is 15.9 Å². The van der Waals surface area contributed by atoms with Crippen LogP contribution in [0.3, 0.4) is 0 Å². The van der Waals surface area contributed by atoms with E-state index in [0.717, 1.165) is 10.0 Å². The number of hydrogen-bond acceptors (Lipinski definition) is 5. The number of benzene rings is 2. The van der Waals surface area contributed by atoms with Crippen LogP contribution in [0.2, 0.25) is 0 Å². The number of hydrazine groups is 1. The van der Waals surface area contributed by atoms with Crippen molar-refractivity contribution in [2.75, 3.05) is 13.6 Å².